The Labute approximate surface area is 167 Å². The van der Waals surface area contributed by atoms with Crippen LogP contribution >= 0.6 is 11.6 Å². The Hall–Kier alpha value is -2.93. The van der Waals surface area contributed by atoms with Crippen molar-refractivity contribution in [1.82, 2.24) is 4.98 Å². The molecule has 1 heterocycles. The van der Waals surface area contributed by atoms with Gasteiger partial charge >= 0.3 is 0 Å². The van der Waals surface area contributed by atoms with Crippen LogP contribution in [-0.4, -0.2) is 13.4 Å². The number of halogens is 1. The standard InChI is InChI=1S/C21H15ClN2O3S/c22-16-12-10-14(11-13-16)20-19(17-8-4-5-9-18(17)28(23,25)26)24-21(27-20)15-6-2-1-3-7-15/h1-13H,(H2,23,25,26). The normalized spacial score (nSPS) is 11.5. The molecule has 0 aliphatic heterocycles. The van der Waals surface area contributed by atoms with Gasteiger partial charge in [0.05, 0.1) is 4.90 Å². The minimum atomic E-state index is -3.95. The molecule has 4 aromatic rings. The highest BCUT2D eigenvalue weighted by atomic mass is 35.5. The Morgan fingerprint density at radius 3 is 2.14 bits per heavy atom. The fraction of sp³-hybridized carbons (Fsp3) is 0. The lowest BCUT2D eigenvalue weighted by Crippen LogP contribution is -2.13. The predicted octanol–water partition coefficient (Wildman–Crippen LogP) is 4.98. The molecule has 140 valence electrons. The van der Waals surface area contributed by atoms with Crippen molar-refractivity contribution < 1.29 is 12.8 Å². The highest BCUT2D eigenvalue weighted by molar-refractivity contribution is 7.89. The van der Waals surface area contributed by atoms with Gasteiger partial charge in [-0.2, -0.15) is 0 Å². The van der Waals surface area contributed by atoms with E-state index in [1.807, 2.05) is 30.3 Å². The van der Waals surface area contributed by atoms with Crippen molar-refractivity contribution in [3.05, 3.63) is 83.9 Å². The summed E-state index contributed by atoms with van der Waals surface area (Å²) in [7, 11) is -3.95. The van der Waals surface area contributed by atoms with Gasteiger partial charge in [-0.3, -0.25) is 0 Å². The molecule has 0 aliphatic rings. The first-order chi connectivity index (χ1) is 13.4. The van der Waals surface area contributed by atoms with Crippen LogP contribution in [0.5, 0.6) is 0 Å². The van der Waals surface area contributed by atoms with E-state index in [0.29, 0.717) is 27.9 Å². The number of nitrogens with zero attached hydrogens (tertiary/aromatic N) is 1. The summed E-state index contributed by atoms with van der Waals surface area (Å²) >= 11 is 6.00. The molecule has 0 amide bonds. The number of rotatable bonds is 4. The van der Waals surface area contributed by atoms with E-state index in [-0.39, 0.29) is 4.90 Å². The SMILES string of the molecule is NS(=O)(=O)c1ccccc1-c1nc(-c2ccccc2)oc1-c1ccc(Cl)cc1. The smallest absolute Gasteiger partial charge is 0.238 e. The molecule has 1 aromatic heterocycles. The zero-order chi connectivity index (χ0) is 19.7. The minimum Gasteiger partial charge on any atom is -0.435 e. The van der Waals surface area contributed by atoms with E-state index in [1.165, 1.54) is 6.07 Å². The van der Waals surface area contributed by atoms with Gasteiger partial charge in [0.2, 0.25) is 15.9 Å². The quantitative estimate of drug-likeness (QED) is 0.514. The van der Waals surface area contributed by atoms with Crippen molar-refractivity contribution in [2.24, 2.45) is 5.14 Å². The van der Waals surface area contributed by atoms with Gasteiger partial charge in [0.25, 0.3) is 0 Å². The lowest BCUT2D eigenvalue weighted by Gasteiger charge is -2.07. The average molecular weight is 411 g/mol. The van der Waals surface area contributed by atoms with Crippen LogP contribution in [0.3, 0.4) is 0 Å². The maximum Gasteiger partial charge on any atom is 0.238 e. The highest BCUT2D eigenvalue weighted by Crippen LogP contribution is 2.38. The molecule has 0 saturated heterocycles. The molecule has 0 atom stereocenters. The van der Waals surface area contributed by atoms with Crippen molar-refractivity contribution in [3.8, 4) is 34.0 Å². The van der Waals surface area contributed by atoms with E-state index in [0.717, 1.165) is 11.1 Å². The highest BCUT2D eigenvalue weighted by Gasteiger charge is 2.23. The molecule has 0 radical (unpaired) electrons. The van der Waals surface area contributed by atoms with Crippen molar-refractivity contribution >= 4 is 21.6 Å². The molecule has 5 nitrogen and oxygen atoms in total. The molecule has 7 heteroatoms. The lowest BCUT2D eigenvalue weighted by atomic mass is 10.1. The first kappa shape index (κ1) is 18.4. The average Bonchev–Trinajstić information content (AvgIpc) is 3.14. The second kappa shape index (κ2) is 7.24. The molecule has 0 bridgehead atoms. The van der Waals surface area contributed by atoms with Gasteiger partial charge in [-0.15, -0.1) is 0 Å². The third-order valence-corrected chi connectivity index (χ3v) is 5.42. The van der Waals surface area contributed by atoms with Gasteiger partial charge in [-0.25, -0.2) is 18.5 Å². The molecule has 0 fully saturated rings. The van der Waals surface area contributed by atoms with Crippen molar-refractivity contribution in [2.45, 2.75) is 4.90 Å². The Morgan fingerprint density at radius 2 is 1.46 bits per heavy atom. The molecule has 4 rings (SSSR count). The fourth-order valence-electron chi connectivity index (χ4n) is 2.91. The maximum atomic E-state index is 12.1. The molecule has 0 aliphatic carbocycles. The van der Waals surface area contributed by atoms with Gasteiger partial charge in [-0.1, -0.05) is 48.0 Å². The number of aromatic nitrogens is 1. The first-order valence-electron chi connectivity index (χ1n) is 8.38. The van der Waals surface area contributed by atoms with Gasteiger partial charge in [-0.05, 0) is 42.5 Å². The van der Waals surface area contributed by atoms with Crippen LogP contribution in [-0.2, 0) is 10.0 Å². The Morgan fingerprint density at radius 1 is 0.821 bits per heavy atom. The number of primary sulfonamides is 1. The van der Waals surface area contributed by atoms with Gasteiger partial charge in [0.1, 0.15) is 5.69 Å². The minimum absolute atomic E-state index is 0.0156. The summed E-state index contributed by atoms with van der Waals surface area (Å²) in [5.41, 5.74) is 2.27. The van der Waals surface area contributed by atoms with Crippen LogP contribution in [0.2, 0.25) is 5.02 Å². The van der Waals surface area contributed by atoms with Crippen LogP contribution in [0.15, 0.2) is 88.2 Å². The van der Waals surface area contributed by atoms with E-state index < -0.39 is 10.0 Å². The van der Waals surface area contributed by atoms with Crippen LogP contribution in [0.1, 0.15) is 0 Å². The first-order valence-corrected chi connectivity index (χ1v) is 10.3. The van der Waals surface area contributed by atoms with Crippen LogP contribution in [0.25, 0.3) is 34.0 Å². The number of hydrogen-bond donors (Lipinski definition) is 1. The topological polar surface area (TPSA) is 86.2 Å². The van der Waals surface area contributed by atoms with Crippen molar-refractivity contribution in [1.29, 1.82) is 0 Å². The summed E-state index contributed by atoms with van der Waals surface area (Å²) in [6.07, 6.45) is 0. The third-order valence-electron chi connectivity index (χ3n) is 4.20. The summed E-state index contributed by atoms with van der Waals surface area (Å²) in [5, 5.41) is 6.00. The van der Waals surface area contributed by atoms with Gasteiger partial charge in [0, 0.05) is 21.7 Å². The largest absolute Gasteiger partial charge is 0.435 e. The van der Waals surface area contributed by atoms with Crippen LogP contribution in [0, 0.1) is 0 Å². The number of hydrogen-bond acceptors (Lipinski definition) is 4. The fourth-order valence-corrected chi connectivity index (χ4v) is 3.78. The molecule has 2 N–H and O–H groups in total. The number of nitrogens with two attached hydrogens (primary N) is 1. The molecule has 3 aromatic carbocycles. The van der Waals surface area contributed by atoms with Crippen molar-refractivity contribution in [2.75, 3.05) is 0 Å². The monoisotopic (exact) mass is 410 g/mol. The molecular formula is C21H15ClN2O3S. The number of sulfonamides is 1. The van der Waals surface area contributed by atoms with E-state index in [1.54, 1.807) is 42.5 Å². The Balaban J connectivity index is 1.99. The number of oxazole rings is 1. The molecule has 28 heavy (non-hydrogen) atoms. The van der Waals surface area contributed by atoms with E-state index >= 15 is 0 Å². The predicted molar refractivity (Wildman–Crippen MR) is 109 cm³/mol. The van der Waals surface area contributed by atoms with Gasteiger partial charge < -0.3 is 4.42 Å². The summed E-state index contributed by atoms with van der Waals surface area (Å²) in [6, 6.07) is 22.9. The zero-order valence-corrected chi connectivity index (χ0v) is 16.1. The summed E-state index contributed by atoms with van der Waals surface area (Å²) in [6.45, 7) is 0. The molecular weight excluding hydrogens is 396 g/mol. The lowest BCUT2D eigenvalue weighted by molar-refractivity contribution is 0.589. The summed E-state index contributed by atoms with van der Waals surface area (Å²) < 4.78 is 30.3. The second-order valence-electron chi connectivity index (χ2n) is 6.11. The summed E-state index contributed by atoms with van der Waals surface area (Å²) in [5.74, 6) is 0.816. The van der Waals surface area contributed by atoms with E-state index in [9.17, 15) is 8.42 Å². The van der Waals surface area contributed by atoms with E-state index in [2.05, 4.69) is 4.98 Å². The third kappa shape index (κ3) is 3.57. The summed E-state index contributed by atoms with van der Waals surface area (Å²) in [4.78, 5) is 4.59. The van der Waals surface area contributed by atoms with Crippen LogP contribution in [0.4, 0.5) is 0 Å². The maximum absolute atomic E-state index is 12.1. The molecule has 0 spiro atoms. The van der Waals surface area contributed by atoms with Crippen LogP contribution < -0.4 is 5.14 Å². The van der Waals surface area contributed by atoms with Gasteiger partial charge in [0.15, 0.2) is 5.76 Å². The Kier molecular flexibility index (Phi) is 4.77. The van der Waals surface area contributed by atoms with Crippen molar-refractivity contribution in [3.63, 3.8) is 0 Å². The second-order valence-corrected chi connectivity index (χ2v) is 8.08. The van der Waals surface area contributed by atoms with E-state index in [4.69, 9.17) is 21.2 Å². The Bertz CT molecular complexity index is 1230. The molecule has 0 unspecified atom stereocenters. The number of benzene rings is 3. The molecule has 0 saturated carbocycles. The zero-order valence-electron chi connectivity index (χ0n) is 14.5.